The molecule has 145 heavy (non-hydrogen) atoms. The van der Waals surface area contributed by atoms with Crippen LogP contribution in [0.25, 0.3) is 301 Å². The van der Waals surface area contributed by atoms with Gasteiger partial charge in [0, 0.05) is 70.9 Å². The molecule has 5 heterocycles. The highest BCUT2D eigenvalue weighted by Crippen LogP contribution is 2.56. The van der Waals surface area contributed by atoms with E-state index in [9.17, 15) is 0 Å². The summed E-state index contributed by atoms with van der Waals surface area (Å²) in [6.07, 6.45) is 1.81. The standard InChI is InChI=1S/C54H33NO.C48H28O2.C38H24O/c1-2-17-36(18-3-1)55-48-27-12-10-20-39(48)47-33-35(29-32-49(47)55)38-30-31-46(53-45-25-11-13-28-50(45)56-54(38)53)52-43-23-8-6-21-41(43)51(42-22-7-9-24-44(42)52)40-26-14-16-34-15-4-5-19-37(34)40;1-2-15-30-29(13-1)14-11-22-31(30)44-32-16-3-5-18-34(32)45(35-19-6-4-17-33(35)44)40-28-27-37(48-47(40)39-21-8-10-25-42(39)50-48)36-23-12-26-43-46(36)38-20-7-9-24-41(38)49-43;1-2-11-26(12-3-1)28-21-22-34(35-23-24-39-38(28)35)37-32-18-8-6-16-30(32)36(31-17-7-9-19-33(31)37)29-20-10-14-25-13-4-5-15-27(25)29/h1-33H;1-28H;1-24H. The van der Waals surface area contributed by atoms with Crippen LogP contribution in [-0.2, 0) is 0 Å². The molecule has 0 bridgehead atoms. The molecule has 0 spiro atoms. The summed E-state index contributed by atoms with van der Waals surface area (Å²) in [4.78, 5) is 0. The second-order valence-corrected chi connectivity index (χ2v) is 37.9. The number of aromatic nitrogens is 1. The highest BCUT2D eigenvalue weighted by molar-refractivity contribution is 6.32. The summed E-state index contributed by atoms with van der Waals surface area (Å²) in [6, 6.07) is 183. The van der Waals surface area contributed by atoms with E-state index in [0.29, 0.717) is 0 Å². The minimum atomic E-state index is 0.873. The van der Waals surface area contributed by atoms with Crippen molar-refractivity contribution in [3.8, 4) is 106 Å². The Morgan fingerprint density at radius 1 is 0.145 bits per heavy atom. The molecule has 31 rings (SSSR count). The van der Waals surface area contributed by atoms with Gasteiger partial charge in [0.05, 0.1) is 17.3 Å². The highest BCUT2D eigenvalue weighted by atomic mass is 16.3. The fourth-order valence-corrected chi connectivity index (χ4v) is 24.1. The van der Waals surface area contributed by atoms with Crippen molar-refractivity contribution in [1.82, 2.24) is 4.57 Å². The van der Waals surface area contributed by atoms with Gasteiger partial charge in [-0.2, -0.15) is 0 Å². The zero-order chi connectivity index (χ0) is 95.3. The van der Waals surface area contributed by atoms with Crippen molar-refractivity contribution in [2.24, 2.45) is 0 Å². The monoisotopic (exact) mass is 1840 g/mol. The van der Waals surface area contributed by atoms with Crippen molar-refractivity contribution in [3.05, 3.63) is 516 Å². The van der Waals surface area contributed by atoms with Gasteiger partial charge in [0.15, 0.2) is 0 Å². The zero-order valence-corrected chi connectivity index (χ0v) is 78.7. The summed E-state index contributed by atoms with van der Waals surface area (Å²) in [5, 5.41) is 32.6. The van der Waals surface area contributed by atoms with Crippen molar-refractivity contribution < 1.29 is 17.7 Å². The lowest BCUT2D eigenvalue weighted by Gasteiger charge is -2.19. The van der Waals surface area contributed by atoms with Crippen LogP contribution < -0.4 is 0 Å². The second kappa shape index (κ2) is 33.8. The van der Waals surface area contributed by atoms with Gasteiger partial charge in [0.2, 0.25) is 0 Å². The summed E-state index contributed by atoms with van der Waals surface area (Å²) in [6.45, 7) is 0. The highest BCUT2D eigenvalue weighted by Gasteiger charge is 2.30. The minimum absolute atomic E-state index is 0.873. The van der Waals surface area contributed by atoms with Gasteiger partial charge in [-0.05, 0) is 259 Å². The van der Waals surface area contributed by atoms with Crippen LogP contribution in [-0.4, -0.2) is 4.57 Å². The number of benzene rings is 26. The minimum Gasteiger partial charge on any atom is -0.464 e. The average molecular weight is 1850 g/mol. The molecule has 5 aromatic heterocycles. The Morgan fingerprint density at radius 2 is 0.441 bits per heavy atom. The fourth-order valence-electron chi connectivity index (χ4n) is 24.1. The molecule has 31 aromatic rings. The van der Waals surface area contributed by atoms with E-state index in [2.05, 4.69) is 496 Å². The third-order valence-electron chi connectivity index (χ3n) is 30.2. The predicted molar refractivity (Wildman–Crippen MR) is 612 cm³/mol. The lowest BCUT2D eigenvalue weighted by atomic mass is 9.83. The first-order chi connectivity index (χ1) is 72.0. The molecule has 26 aromatic carbocycles. The van der Waals surface area contributed by atoms with E-state index in [-0.39, 0.29) is 0 Å². The fraction of sp³-hybridized carbons (Fsp3) is 0. The Bertz CT molecular complexity index is 10600. The molecule has 0 saturated heterocycles. The Morgan fingerprint density at radius 3 is 0.890 bits per heavy atom. The van der Waals surface area contributed by atoms with E-state index in [1.54, 1.807) is 0 Å². The molecule has 0 radical (unpaired) electrons. The number of hydrogen-bond donors (Lipinski definition) is 0. The van der Waals surface area contributed by atoms with Crippen LogP contribution in [0.15, 0.2) is 534 Å². The van der Waals surface area contributed by atoms with E-state index >= 15 is 0 Å². The molecule has 0 N–H and O–H groups in total. The molecule has 0 fully saturated rings. The van der Waals surface area contributed by atoms with E-state index < -0.39 is 0 Å². The number of fused-ring (bicyclic) bond motifs is 22. The van der Waals surface area contributed by atoms with Crippen LogP contribution in [0.5, 0.6) is 0 Å². The first-order valence-electron chi connectivity index (χ1n) is 49.7. The Balaban J connectivity index is 0.000000105. The topological polar surface area (TPSA) is 57.5 Å². The molecule has 0 aliphatic heterocycles. The molecule has 0 saturated carbocycles. The second-order valence-electron chi connectivity index (χ2n) is 37.9. The van der Waals surface area contributed by atoms with Crippen LogP contribution in [0.3, 0.4) is 0 Å². The van der Waals surface area contributed by atoms with Crippen molar-refractivity contribution in [3.63, 3.8) is 0 Å². The third-order valence-corrected chi connectivity index (χ3v) is 30.2. The molecule has 5 nitrogen and oxygen atoms in total. The summed E-state index contributed by atoms with van der Waals surface area (Å²) < 4.78 is 28.6. The Labute approximate surface area is 833 Å². The number of rotatable bonds is 10. The van der Waals surface area contributed by atoms with Crippen molar-refractivity contribution in [1.29, 1.82) is 0 Å². The van der Waals surface area contributed by atoms with Crippen LogP contribution in [0, 0.1) is 0 Å². The van der Waals surface area contributed by atoms with Crippen molar-refractivity contribution >= 4 is 196 Å². The van der Waals surface area contributed by atoms with Crippen LogP contribution >= 0.6 is 0 Å². The normalized spacial score (nSPS) is 11.9. The van der Waals surface area contributed by atoms with Gasteiger partial charge in [-0.15, -0.1) is 0 Å². The molecule has 5 heteroatoms. The van der Waals surface area contributed by atoms with Gasteiger partial charge in [-0.1, -0.05) is 431 Å². The van der Waals surface area contributed by atoms with Crippen molar-refractivity contribution in [2.75, 3.05) is 0 Å². The molecular weight excluding hydrogens is 1760 g/mol. The molecular formula is C140H85NO4. The molecule has 0 atom stereocenters. The average Bonchev–Trinajstić information content (AvgIpc) is 1.64. The van der Waals surface area contributed by atoms with Gasteiger partial charge in [-0.3, -0.25) is 0 Å². The summed E-state index contributed by atoms with van der Waals surface area (Å²) >= 11 is 0. The van der Waals surface area contributed by atoms with Gasteiger partial charge in [-0.25, -0.2) is 0 Å². The predicted octanol–water partition coefficient (Wildman–Crippen LogP) is 40.0. The first-order valence-corrected chi connectivity index (χ1v) is 49.7. The van der Waals surface area contributed by atoms with Crippen LogP contribution in [0.1, 0.15) is 0 Å². The summed E-state index contributed by atoms with van der Waals surface area (Å²) in [5.41, 5.74) is 31.2. The number of hydrogen-bond acceptors (Lipinski definition) is 4. The largest absolute Gasteiger partial charge is 0.464 e. The zero-order valence-electron chi connectivity index (χ0n) is 78.7. The van der Waals surface area contributed by atoms with Crippen LogP contribution in [0.4, 0.5) is 0 Å². The number of nitrogens with zero attached hydrogens (tertiary/aromatic N) is 1. The molecule has 0 amide bonds. The van der Waals surface area contributed by atoms with Gasteiger partial charge >= 0.3 is 0 Å². The lowest BCUT2D eigenvalue weighted by Crippen LogP contribution is -1.93. The Kier molecular flexibility index (Phi) is 19.3. The molecule has 0 unspecified atom stereocenters. The molecule has 0 aliphatic carbocycles. The SMILES string of the molecule is c1ccc(-c2ccc(-c3c4ccccc4c(-c4cccc5ccccc45)c4ccccc34)c3ccoc23)cc1.c1ccc(-n2c3ccccc3c3cc(-c4ccc(-c5c6ccccc6c(-c6cccc7ccccc67)c6ccccc56)c5c4oc4ccccc45)ccc32)cc1.c1ccc2c(-c3c4ccccc4c(-c4ccc(-c5cccc6oc7ccccc7c56)c5oc6ccccc6c45)c4ccccc34)cccc2c1. The Hall–Kier alpha value is -19.2. The van der Waals surface area contributed by atoms with E-state index in [0.717, 1.165) is 121 Å². The van der Waals surface area contributed by atoms with Crippen LogP contribution in [0.2, 0.25) is 0 Å². The number of furan rings is 4. The summed E-state index contributed by atoms with van der Waals surface area (Å²) in [7, 11) is 0. The lowest BCUT2D eigenvalue weighted by molar-refractivity contribution is 0.617. The van der Waals surface area contributed by atoms with E-state index in [4.69, 9.17) is 17.7 Å². The first kappa shape index (κ1) is 82.8. The van der Waals surface area contributed by atoms with E-state index in [1.807, 2.05) is 24.5 Å². The quantitative estimate of drug-likeness (QED) is 0.128. The summed E-state index contributed by atoms with van der Waals surface area (Å²) in [5.74, 6) is 0. The van der Waals surface area contributed by atoms with Gasteiger partial charge in [0.25, 0.3) is 0 Å². The smallest absolute Gasteiger partial charge is 0.143 e. The maximum absolute atomic E-state index is 6.93. The molecule has 0 aliphatic rings. The molecule has 674 valence electrons. The van der Waals surface area contributed by atoms with Crippen molar-refractivity contribution in [2.45, 2.75) is 0 Å². The van der Waals surface area contributed by atoms with Gasteiger partial charge < -0.3 is 22.2 Å². The maximum atomic E-state index is 6.93. The van der Waals surface area contributed by atoms with Gasteiger partial charge in [0.1, 0.15) is 39.1 Å². The number of para-hydroxylation sites is 5. The van der Waals surface area contributed by atoms with E-state index in [1.165, 1.54) is 180 Å². The third kappa shape index (κ3) is 13.2. The maximum Gasteiger partial charge on any atom is 0.143 e.